The lowest BCUT2D eigenvalue weighted by molar-refractivity contribution is -0.118. The van der Waals surface area contributed by atoms with Gasteiger partial charge >= 0.3 is 0 Å². The molecule has 0 atom stereocenters. The summed E-state index contributed by atoms with van der Waals surface area (Å²) in [5.41, 5.74) is 1.33. The molecule has 1 aromatic carbocycles. The summed E-state index contributed by atoms with van der Waals surface area (Å²) in [4.78, 5) is 30.2. The van der Waals surface area contributed by atoms with Crippen molar-refractivity contribution >= 4 is 23.4 Å². The number of carbonyl (C=O) groups is 1. The Balaban J connectivity index is 1.39. The highest BCUT2D eigenvalue weighted by Gasteiger charge is 2.26. The lowest BCUT2D eigenvalue weighted by Crippen LogP contribution is -2.41. The maximum Gasteiger partial charge on any atom is 0.232 e. The molecule has 2 aliphatic heterocycles. The number of anilines is 3. The van der Waals surface area contributed by atoms with Crippen LogP contribution in [0.3, 0.4) is 0 Å². The fourth-order valence-electron chi connectivity index (χ4n) is 3.92. The minimum absolute atomic E-state index is 0.00657. The number of hydrogen-bond acceptors (Lipinski definition) is 7. The number of morpholine rings is 1. The maximum atomic E-state index is 14.1. The van der Waals surface area contributed by atoms with Crippen LogP contribution in [0, 0.1) is 11.6 Å². The number of rotatable bonds is 4. The molecule has 3 aromatic rings. The van der Waals surface area contributed by atoms with Gasteiger partial charge in [0.25, 0.3) is 0 Å². The molecule has 1 amide bonds. The number of carbonyl (C=O) groups excluding carboxylic acids is 1. The van der Waals surface area contributed by atoms with E-state index in [9.17, 15) is 13.6 Å². The van der Waals surface area contributed by atoms with E-state index in [-0.39, 0.29) is 17.9 Å². The zero-order valence-electron chi connectivity index (χ0n) is 17.8. The molecule has 10 heteroatoms. The van der Waals surface area contributed by atoms with E-state index in [1.165, 1.54) is 4.90 Å². The smallest absolute Gasteiger partial charge is 0.232 e. The molecule has 0 unspecified atom stereocenters. The molecular formula is C23H22F2N6O2. The Kier molecular flexibility index (Phi) is 5.82. The third-order valence-electron chi connectivity index (χ3n) is 5.67. The van der Waals surface area contributed by atoms with Crippen LogP contribution in [-0.4, -0.2) is 60.3 Å². The fourth-order valence-corrected chi connectivity index (χ4v) is 3.92. The molecule has 33 heavy (non-hydrogen) atoms. The summed E-state index contributed by atoms with van der Waals surface area (Å²) in [6.07, 6.45) is 3.08. The van der Waals surface area contributed by atoms with Crippen LogP contribution in [0.5, 0.6) is 0 Å². The number of halogens is 2. The van der Waals surface area contributed by atoms with Crippen molar-refractivity contribution in [3.63, 3.8) is 0 Å². The summed E-state index contributed by atoms with van der Waals surface area (Å²) in [5, 5.41) is 3.13. The van der Waals surface area contributed by atoms with E-state index in [0.717, 1.165) is 42.7 Å². The summed E-state index contributed by atoms with van der Waals surface area (Å²) in [6, 6.07) is 6.93. The second kappa shape index (κ2) is 9.07. The fraction of sp³-hybridized carbons (Fsp3) is 0.304. The Labute approximate surface area is 189 Å². The number of nitrogens with zero attached hydrogens (tertiary/aromatic N) is 5. The third kappa shape index (κ3) is 4.47. The van der Waals surface area contributed by atoms with Crippen LogP contribution >= 0.6 is 0 Å². The Morgan fingerprint density at radius 2 is 1.91 bits per heavy atom. The Hall–Kier alpha value is -3.66. The number of aromatic nitrogens is 3. The predicted octanol–water partition coefficient (Wildman–Crippen LogP) is 2.65. The molecule has 0 bridgehead atoms. The van der Waals surface area contributed by atoms with Crippen molar-refractivity contribution in [2.75, 3.05) is 54.5 Å². The molecule has 2 aliphatic rings. The van der Waals surface area contributed by atoms with Crippen molar-refractivity contribution in [3.8, 4) is 11.3 Å². The van der Waals surface area contributed by atoms with Crippen molar-refractivity contribution in [1.82, 2.24) is 15.0 Å². The van der Waals surface area contributed by atoms with Crippen molar-refractivity contribution in [3.05, 3.63) is 59.9 Å². The number of ether oxygens (including phenoxy) is 1. The van der Waals surface area contributed by atoms with Gasteiger partial charge in [0, 0.05) is 43.5 Å². The average molecular weight is 452 g/mol. The van der Waals surface area contributed by atoms with E-state index in [0.29, 0.717) is 43.6 Å². The van der Waals surface area contributed by atoms with Crippen molar-refractivity contribution < 1.29 is 18.3 Å². The van der Waals surface area contributed by atoms with Gasteiger partial charge in [-0.3, -0.25) is 9.69 Å². The van der Waals surface area contributed by atoms with Gasteiger partial charge in [0.1, 0.15) is 17.5 Å². The van der Waals surface area contributed by atoms with Gasteiger partial charge in [0.15, 0.2) is 11.6 Å². The van der Waals surface area contributed by atoms with Gasteiger partial charge in [-0.25, -0.2) is 23.7 Å². The zero-order chi connectivity index (χ0) is 22.8. The third-order valence-corrected chi connectivity index (χ3v) is 5.67. The van der Waals surface area contributed by atoms with E-state index in [1.54, 1.807) is 12.4 Å². The molecule has 170 valence electrons. The van der Waals surface area contributed by atoms with Gasteiger partial charge in [0.05, 0.1) is 31.5 Å². The first kappa shape index (κ1) is 21.2. The minimum Gasteiger partial charge on any atom is -0.378 e. The molecule has 5 rings (SSSR count). The van der Waals surface area contributed by atoms with E-state index < -0.39 is 11.6 Å². The number of pyridine rings is 1. The van der Waals surface area contributed by atoms with E-state index in [4.69, 9.17) is 4.74 Å². The Morgan fingerprint density at radius 3 is 2.70 bits per heavy atom. The monoisotopic (exact) mass is 452 g/mol. The molecule has 0 aliphatic carbocycles. The topological polar surface area (TPSA) is 83.5 Å². The van der Waals surface area contributed by atoms with Gasteiger partial charge in [0.2, 0.25) is 5.91 Å². The van der Waals surface area contributed by atoms with E-state index >= 15 is 0 Å². The Bertz CT molecular complexity index is 1170. The molecule has 4 heterocycles. The second-order valence-corrected chi connectivity index (χ2v) is 7.82. The molecule has 1 fully saturated rings. The number of benzene rings is 1. The second-order valence-electron chi connectivity index (χ2n) is 7.82. The number of nitrogens with one attached hydrogen (secondary N) is 1. The van der Waals surface area contributed by atoms with Crippen molar-refractivity contribution in [2.45, 2.75) is 6.42 Å². The summed E-state index contributed by atoms with van der Waals surface area (Å²) in [5.74, 6) is 0.105. The molecule has 2 aromatic heterocycles. The van der Waals surface area contributed by atoms with Gasteiger partial charge in [-0.05, 0) is 30.3 Å². The predicted molar refractivity (Wildman–Crippen MR) is 119 cm³/mol. The van der Waals surface area contributed by atoms with Crippen molar-refractivity contribution in [2.24, 2.45) is 0 Å². The lowest BCUT2D eigenvalue weighted by atomic mass is 10.1. The molecule has 0 radical (unpaired) electrons. The zero-order valence-corrected chi connectivity index (χ0v) is 17.8. The van der Waals surface area contributed by atoms with Crippen molar-refractivity contribution in [1.29, 1.82) is 0 Å². The number of amides is 1. The first-order chi connectivity index (χ1) is 16.1. The van der Waals surface area contributed by atoms with Gasteiger partial charge in [-0.2, -0.15) is 0 Å². The average Bonchev–Trinajstić information content (AvgIpc) is 2.86. The Morgan fingerprint density at radius 1 is 1.06 bits per heavy atom. The lowest BCUT2D eigenvalue weighted by Gasteiger charge is -2.29. The van der Waals surface area contributed by atoms with Crippen LogP contribution in [0.25, 0.3) is 11.3 Å². The highest BCUT2D eigenvalue weighted by atomic mass is 19.1. The molecule has 8 nitrogen and oxygen atoms in total. The standard InChI is InChI=1S/C23H22F2N6O2/c24-17-2-3-18(25)16(11-17)12-21(32)31-6-5-26-22-23(31)29-19(14-28-22)15-1-4-20(27-13-15)30-7-9-33-10-8-30/h1-4,11,13-14H,5-10,12H2,(H,26,28). The number of hydrogen-bond donors (Lipinski definition) is 1. The quantitative estimate of drug-likeness (QED) is 0.652. The van der Waals surface area contributed by atoms with E-state index in [2.05, 4.69) is 25.2 Å². The maximum absolute atomic E-state index is 14.1. The highest BCUT2D eigenvalue weighted by Crippen LogP contribution is 2.29. The van der Waals surface area contributed by atoms with Crippen LogP contribution < -0.4 is 15.1 Å². The summed E-state index contributed by atoms with van der Waals surface area (Å²) >= 11 is 0. The molecule has 0 saturated carbocycles. The summed E-state index contributed by atoms with van der Waals surface area (Å²) < 4.78 is 33.0. The SMILES string of the molecule is O=C(Cc1cc(F)ccc1F)N1CCNc2ncc(-c3ccc(N4CCOCC4)nc3)nc21. The molecule has 1 N–H and O–H groups in total. The van der Waals surface area contributed by atoms with Crippen LogP contribution in [-0.2, 0) is 16.0 Å². The van der Waals surface area contributed by atoms with Gasteiger partial charge in [-0.1, -0.05) is 0 Å². The van der Waals surface area contributed by atoms with E-state index in [1.807, 2.05) is 12.1 Å². The molecule has 0 spiro atoms. The summed E-state index contributed by atoms with van der Waals surface area (Å²) in [6.45, 7) is 3.76. The van der Waals surface area contributed by atoms with Crippen LogP contribution in [0.4, 0.5) is 26.2 Å². The highest BCUT2D eigenvalue weighted by molar-refractivity contribution is 5.97. The first-order valence-corrected chi connectivity index (χ1v) is 10.7. The normalized spacial score (nSPS) is 15.7. The first-order valence-electron chi connectivity index (χ1n) is 10.7. The largest absolute Gasteiger partial charge is 0.378 e. The molecular weight excluding hydrogens is 430 g/mol. The minimum atomic E-state index is -0.619. The van der Waals surface area contributed by atoms with Crippen LogP contribution in [0.1, 0.15) is 5.56 Å². The summed E-state index contributed by atoms with van der Waals surface area (Å²) in [7, 11) is 0. The number of fused-ring (bicyclic) bond motifs is 1. The van der Waals surface area contributed by atoms with Crippen LogP contribution in [0.2, 0.25) is 0 Å². The van der Waals surface area contributed by atoms with Gasteiger partial charge in [-0.15, -0.1) is 0 Å². The van der Waals surface area contributed by atoms with Gasteiger partial charge < -0.3 is 15.0 Å². The molecule has 1 saturated heterocycles. The van der Waals surface area contributed by atoms with Crippen LogP contribution in [0.15, 0.2) is 42.7 Å².